The molecule has 1 aliphatic rings. The maximum Gasteiger partial charge on any atom is 0.119 e. The first-order chi connectivity index (χ1) is 18.0. The van der Waals surface area contributed by atoms with Gasteiger partial charge in [0.2, 0.25) is 0 Å². The van der Waals surface area contributed by atoms with Gasteiger partial charge in [-0.3, -0.25) is 0 Å². The molecule has 0 radical (unpaired) electrons. The van der Waals surface area contributed by atoms with E-state index in [4.69, 9.17) is 0 Å². The van der Waals surface area contributed by atoms with E-state index in [0.717, 1.165) is 28.7 Å². The topological polar surface area (TPSA) is 40.5 Å². The first-order valence-corrected chi connectivity index (χ1v) is 12.9. The maximum absolute atomic E-state index is 10.9. The predicted molar refractivity (Wildman–Crippen MR) is 150 cm³/mol. The Hall–Kier alpha value is -4.30. The highest BCUT2D eigenvalue weighted by molar-refractivity contribution is 5.86. The lowest BCUT2D eigenvalue weighted by Gasteiger charge is -2.34. The van der Waals surface area contributed by atoms with E-state index in [2.05, 4.69) is 97.9 Å². The van der Waals surface area contributed by atoms with Crippen molar-refractivity contribution in [1.29, 1.82) is 0 Å². The Labute approximate surface area is 218 Å². The van der Waals surface area contributed by atoms with E-state index in [0.29, 0.717) is 17.9 Å². The zero-order valence-corrected chi connectivity index (χ0v) is 21.2. The van der Waals surface area contributed by atoms with Gasteiger partial charge >= 0.3 is 0 Å². The fraction of sp³-hybridized carbons (Fsp3) is 0.143. The van der Waals surface area contributed by atoms with Gasteiger partial charge in [0, 0.05) is 6.42 Å². The molecule has 6 rings (SSSR count). The summed E-state index contributed by atoms with van der Waals surface area (Å²) in [6, 6.07) is 37.9. The number of phenols is 2. The zero-order chi connectivity index (χ0) is 25.6. The lowest BCUT2D eigenvalue weighted by atomic mass is 9.67. The summed E-state index contributed by atoms with van der Waals surface area (Å²) in [5.41, 5.74) is 10.7. The van der Waals surface area contributed by atoms with Crippen LogP contribution in [0.2, 0.25) is 0 Å². The molecule has 0 atom stereocenters. The third kappa shape index (κ3) is 3.64. The molecule has 0 amide bonds. The average Bonchev–Trinajstić information content (AvgIpc) is 3.23. The molecule has 0 bridgehead atoms. The smallest absolute Gasteiger partial charge is 0.119 e. The van der Waals surface area contributed by atoms with Gasteiger partial charge in [-0.2, -0.15) is 0 Å². The summed E-state index contributed by atoms with van der Waals surface area (Å²) in [4.78, 5) is 0. The van der Waals surface area contributed by atoms with Gasteiger partial charge in [-0.25, -0.2) is 0 Å². The van der Waals surface area contributed by atoms with E-state index < -0.39 is 5.41 Å². The van der Waals surface area contributed by atoms with Crippen LogP contribution in [0.3, 0.4) is 0 Å². The summed E-state index contributed by atoms with van der Waals surface area (Å²) < 4.78 is 0. The molecule has 182 valence electrons. The lowest BCUT2D eigenvalue weighted by Crippen LogP contribution is -2.28. The van der Waals surface area contributed by atoms with Crippen molar-refractivity contribution < 1.29 is 10.2 Å². The maximum atomic E-state index is 10.9. The molecule has 0 spiro atoms. The summed E-state index contributed by atoms with van der Waals surface area (Å²) >= 11 is 0. The Bertz CT molecular complexity index is 1570. The summed E-state index contributed by atoms with van der Waals surface area (Å²) in [7, 11) is 0. The van der Waals surface area contributed by atoms with Gasteiger partial charge in [-0.05, 0) is 81.1 Å². The van der Waals surface area contributed by atoms with Crippen molar-refractivity contribution in [2.75, 3.05) is 0 Å². The molecule has 0 unspecified atom stereocenters. The van der Waals surface area contributed by atoms with Gasteiger partial charge in [0.1, 0.15) is 11.5 Å². The molecule has 0 saturated heterocycles. The second-order valence-corrected chi connectivity index (χ2v) is 10.0. The summed E-state index contributed by atoms with van der Waals surface area (Å²) in [5, 5.41) is 21.3. The molecule has 2 N–H and O–H groups in total. The van der Waals surface area contributed by atoms with Crippen LogP contribution in [0.15, 0.2) is 109 Å². The van der Waals surface area contributed by atoms with Crippen molar-refractivity contribution in [2.24, 2.45) is 0 Å². The number of hydrogen-bond acceptors (Lipinski definition) is 2. The molecule has 0 heterocycles. The summed E-state index contributed by atoms with van der Waals surface area (Å²) in [6.45, 7) is 4.10. The second kappa shape index (κ2) is 8.97. The first kappa shape index (κ1) is 23.1. The summed E-state index contributed by atoms with van der Waals surface area (Å²) in [6.07, 6.45) is 1.66. The SMILES string of the molecule is CCc1ccc(Cc2cc(C3(c4ccc(O)c(C)c4)c4ccccc4-c4ccccc43)ccc2O)cc1. The van der Waals surface area contributed by atoms with Gasteiger partial charge in [0.05, 0.1) is 5.41 Å². The van der Waals surface area contributed by atoms with Gasteiger partial charge in [0.25, 0.3) is 0 Å². The minimum Gasteiger partial charge on any atom is -0.508 e. The van der Waals surface area contributed by atoms with E-state index in [1.165, 1.54) is 33.4 Å². The van der Waals surface area contributed by atoms with Gasteiger partial charge in [-0.1, -0.05) is 104 Å². The van der Waals surface area contributed by atoms with Crippen LogP contribution in [0.1, 0.15) is 51.4 Å². The number of fused-ring (bicyclic) bond motifs is 3. The normalized spacial score (nSPS) is 13.2. The number of aromatic hydroxyl groups is 2. The van der Waals surface area contributed by atoms with Crippen molar-refractivity contribution in [3.63, 3.8) is 0 Å². The molecule has 37 heavy (non-hydrogen) atoms. The van der Waals surface area contributed by atoms with Crippen LogP contribution < -0.4 is 0 Å². The summed E-state index contributed by atoms with van der Waals surface area (Å²) in [5.74, 6) is 0.598. The quantitative estimate of drug-likeness (QED) is 0.262. The number of hydrogen-bond donors (Lipinski definition) is 2. The van der Waals surface area contributed by atoms with Crippen molar-refractivity contribution in [3.8, 4) is 22.6 Å². The van der Waals surface area contributed by atoms with Crippen LogP contribution in [0.25, 0.3) is 11.1 Å². The zero-order valence-electron chi connectivity index (χ0n) is 21.2. The molecule has 5 aromatic carbocycles. The minimum atomic E-state index is -0.569. The average molecular weight is 483 g/mol. The van der Waals surface area contributed by atoms with E-state index in [1.54, 1.807) is 6.07 Å². The molecule has 2 heteroatoms. The molecule has 0 aromatic heterocycles. The molecule has 0 fully saturated rings. The lowest BCUT2D eigenvalue weighted by molar-refractivity contribution is 0.469. The van der Waals surface area contributed by atoms with Gasteiger partial charge in [0.15, 0.2) is 0 Å². The molecule has 2 nitrogen and oxygen atoms in total. The van der Waals surface area contributed by atoms with Crippen molar-refractivity contribution >= 4 is 0 Å². The van der Waals surface area contributed by atoms with Gasteiger partial charge in [-0.15, -0.1) is 0 Å². The first-order valence-electron chi connectivity index (χ1n) is 12.9. The Morgan fingerprint density at radius 1 is 0.595 bits per heavy atom. The minimum absolute atomic E-state index is 0.292. The third-order valence-corrected chi connectivity index (χ3v) is 7.92. The molecular formula is C35H30O2. The van der Waals surface area contributed by atoms with Crippen LogP contribution in [0.5, 0.6) is 11.5 Å². The molecule has 5 aromatic rings. The van der Waals surface area contributed by atoms with Crippen molar-refractivity contribution in [2.45, 2.75) is 32.1 Å². The van der Waals surface area contributed by atoms with E-state index in [-0.39, 0.29) is 0 Å². The van der Waals surface area contributed by atoms with Crippen LogP contribution in [-0.4, -0.2) is 10.2 Å². The highest BCUT2D eigenvalue weighted by atomic mass is 16.3. The van der Waals surface area contributed by atoms with Crippen LogP contribution in [0, 0.1) is 6.92 Å². The highest BCUT2D eigenvalue weighted by Crippen LogP contribution is 2.56. The molecule has 1 aliphatic carbocycles. The molecule has 0 aliphatic heterocycles. The molecule has 0 saturated carbocycles. The predicted octanol–water partition coefficient (Wildman–Crippen LogP) is 7.92. The van der Waals surface area contributed by atoms with Crippen molar-refractivity contribution in [3.05, 3.63) is 154 Å². The third-order valence-electron chi connectivity index (χ3n) is 7.92. The van der Waals surface area contributed by atoms with Crippen LogP contribution >= 0.6 is 0 Å². The van der Waals surface area contributed by atoms with Crippen molar-refractivity contribution in [1.82, 2.24) is 0 Å². The Morgan fingerprint density at radius 3 is 1.73 bits per heavy atom. The number of rotatable bonds is 5. The van der Waals surface area contributed by atoms with E-state index >= 15 is 0 Å². The second-order valence-electron chi connectivity index (χ2n) is 10.0. The van der Waals surface area contributed by atoms with E-state index in [9.17, 15) is 10.2 Å². The Kier molecular flexibility index (Phi) is 5.61. The largest absolute Gasteiger partial charge is 0.508 e. The number of phenolic OH excluding ortho intramolecular Hbond substituents is 2. The standard InChI is InChI=1S/C35H30O2/c1-3-24-12-14-25(15-13-24)21-26-22-28(17-19-34(26)37)35(27-16-18-33(36)23(2)20-27)31-10-6-4-8-29(31)30-9-5-7-11-32(30)35/h4-20,22,36-37H,3,21H2,1-2H3. The fourth-order valence-corrected chi connectivity index (χ4v) is 5.99. The van der Waals surface area contributed by atoms with Crippen LogP contribution in [-0.2, 0) is 18.3 Å². The highest BCUT2D eigenvalue weighted by Gasteiger charge is 2.46. The van der Waals surface area contributed by atoms with E-state index in [1.807, 2.05) is 19.1 Å². The Morgan fingerprint density at radius 2 is 1.14 bits per heavy atom. The Balaban J connectivity index is 1.61. The monoisotopic (exact) mass is 482 g/mol. The van der Waals surface area contributed by atoms with Crippen LogP contribution in [0.4, 0.5) is 0 Å². The molecular weight excluding hydrogens is 452 g/mol. The number of benzene rings is 5. The fourth-order valence-electron chi connectivity index (χ4n) is 5.99. The number of aryl methyl sites for hydroxylation is 2. The van der Waals surface area contributed by atoms with Gasteiger partial charge < -0.3 is 10.2 Å².